The minimum Gasteiger partial charge on any atom is -0.491 e. The lowest BCUT2D eigenvalue weighted by Crippen LogP contribution is -2.51. The minimum atomic E-state index is -0.545. The van der Waals surface area contributed by atoms with E-state index in [9.17, 15) is 4.39 Å². The van der Waals surface area contributed by atoms with Crippen LogP contribution in [0.5, 0.6) is 5.75 Å². The molecule has 1 aliphatic heterocycles. The second kappa shape index (κ2) is 4.67. The number of hydrogen-bond acceptors (Lipinski definition) is 2. The number of rotatable bonds is 2. The Hall–Kier alpha value is -1.87. The summed E-state index contributed by atoms with van der Waals surface area (Å²) in [5.74, 6) is 0.684. The molecule has 98 valence electrons. The summed E-state index contributed by atoms with van der Waals surface area (Å²) >= 11 is 0. The number of nitrogens with two attached hydrogens (primary N) is 1. The van der Waals surface area contributed by atoms with E-state index in [1.165, 1.54) is 6.07 Å². The average molecular weight is 257 g/mol. The third-order valence-electron chi connectivity index (χ3n) is 3.53. The molecule has 3 rings (SSSR count). The van der Waals surface area contributed by atoms with E-state index in [1.54, 1.807) is 12.1 Å². The van der Waals surface area contributed by atoms with Gasteiger partial charge in [-0.3, -0.25) is 0 Å². The summed E-state index contributed by atoms with van der Waals surface area (Å²) in [6.07, 6.45) is 1.19. The predicted molar refractivity (Wildman–Crippen MR) is 72.7 cm³/mol. The fourth-order valence-electron chi connectivity index (χ4n) is 2.58. The van der Waals surface area contributed by atoms with Crippen LogP contribution >= 0.6 is 0 Å². The van der Waals surface area contributed by atoms with Crippen molar-refractivity contribution in [3.8, 4) is 5.75 Å². The van der Waals surface area contributed by atoms with Gasteiger partial charge in [-0.05, 0) is 36.1 Å². The molecule has 0 bridgehead atoms. The minimum absolute atomic E-state index is 0.203. The van der Waals surface area contributed by atoms with Crippen LogP contribution in [0.4, 0.5) is 4.39 Å². The molecule has 1 heterocycles. The van der Waals surface area contributed by atoms with Crippen molar-refractivity contribution in [2.24, 2.45) is 5.73 Å². The molecule has 0 fully saturated rings. The van der Waals surface area contributed by atoms with Crippen molar-refractivity contribution in [3.05, 3.63) is 65.5 Å². The van der Waals surface area contributed by atoms with Crippen LogP contribution in [-0.4, -0.2) is 12.1 Å². The fourth-order valence-corrected chi connectivity index (χ4v) is 2.58. The van der Waals surface area contributed by atoms with E-state index in [-0.39, 0.29) is 5.82 Å². The molecule has 2 aromatic carbocycles. The Balaban J connectivity index is 1.84. The molecule has 1 atom stereocenters. The number of halogens is 1. The zero-order valence-electron chi connectivity index (χ0n) is 10.6. The van der Waals surface area contributed by atoms with Crippen LogP contribution in [0, 0.1) is 5.82 Å². The number of hydrogen-bond donors (Lipinski definition) is 1. The van der Waals surface area contributed by atoms with Crippen LogP contribution in [0.2, 0.25) is 0 Å². The van der Waals surface area contributed by atoms with Gasteiger partial charge in [0, 0.05) is 0 Å². The smallest absolute Gasteiger partial charge is 0.126 e. The van der Waals surface area contributed by atoms with Crippen LogP contribution < -0.4 is 10.5 Å². The highest BCUT2D eigenvalue weighted by atomic mass is 19.1. The van der Waals surface area contributed by atoms with Crippen molar-refractivity contribution in [1.29, 1.82) is 0 Å². The van der Waals surface area contributed by atoms with E-state index >= 15 is 0 Å². The first kappa shape index (κ1) is 12.2. The third kappa shape index (κ3) is 2.47. The SMILES string of the molecule is NC1(Cc2ccccc2F)COc2ccccc2C1. The standard InChI is InChI=1S/C16H16FNO/c17-14-7-3-1-5-12(14)9-16(18)10-13-6-2-4-8-15(13)19-11-16/h1-8H,9-11,18H2. The van der Waals surface area contributed by atoms with Crippen molar-refractivity contribution >= 4 is 0 Å². The summed E-state index contributed by atoms with van der Waals surface area (Å²) in [6, 6.07) is 14.6. The van der Waals surface area contributed by atoms with Gasteiger partial charge in [-0.1, -0.05) is 36.4 Å². The first-order valence-corrected chi connectivity index (χ1v) is 6.39. The normalized spacial score (nSPS) is 21.6. The van der Waals surface area contributed by atoms with Gasteiger partial charge in [0.1, 0.15) is 18.2 Å². The Morgan fingerprint density at radius 3 is 2.68 bits per heavy atom. The van der Waals surface area contributed by atoms with Gasteiger partial charge < -0.3 is 10.5 Å². The van der Waals surface area contributed by atoms with Crippen molar-refractivity contribution in [2.75, 3.05) is 6.61 Å². The zero-order chi connectivity index (χ0) is 13.3. The molecule has 0 spiro atoms. The highest BCUT2D eigenvalue weighted by Crippen LogP contribution is 2.30. The predicted octanol–water partition coefficient (Wildman–Crippen LogP) is 2.70. The van der Waals surface area contributed by atoms with Crippen molar-refractivity contribution in [2.45, 2.75) is 18.4 Å². The first-order chi connectivity index (χ1) is 9.16. The lowest BCUT2D eigenvalue weighted by molar-refractivity contribution is 0.189. The van der Waals surface area contributed by atoms with Gasteiger partial charge in [0.05, 0.1) is 5.54 Å². The highest BCUT2D eigenvalue weighted by Gasteiger charge is 2.32. The zero-order valence-corrected chi connectivity index (χ0v) is 10.6. The molecule has 0 saturated carbocycles. The van der Waals surface area contributed by atoms with Gasteiger partial charge in [-0.15, -0.1) is 0 Å². The molecule has 2 N–H and O–H groups in total. The number of para-hydroxylation sites is 1. The van der Waals surface area contributed by atoms with Gasteiger partial charge in [-0.25, -0.2) is 4.39 Å². The largest absolute Gasteiger partial charge is 0.491 e. The van der Waals surface area contributed by atoms with Gasteiger partial charge in [0.2, 0.25) is 0 Å². The summed E-state index contributed by atoms with van der Waals surface area (Å²) in [5, 5.41) is 0. The third-order valence-corrected chi connectivity index (χ3v) is 3.53. The fraction of sp³-hybridized carbons (Fsp3) is 0.250. The first-order valence-electron chi connectivity index (χ1n) is 6.39. The molecular weight excluding hydrogens is 241 g/mol. The number of ether oxygens (including phenoxy) is 1. The average Bonchev–Trinajstić information content (AvgIpc) is 2.41. The molecule has 2 aromatic rings. The molecule has 1 aliphatic rings. The molecule has 0 aromatic heterocycles. The van der Waals surface area contributed by atoms with E-state index in [4.69, 9.17) is 10.5 Å². The van der Waals surface area contributed by atoms with E-state index in [0.29, 0.717) is 25.0 Å². The van der Waals surface area contributed by atoms with Crippen molar-refractivity contribution < 1.29 is 9.13 Å². The maximum atomic E-state index is 13.7. The Kier molecular flexibility index (Phi) is 2.99. The van der Waals surface area contributed by atoms with E-state index in [2.05, 4.69) is 0 Å². The van der Waals surface area contributed by atoms with Crippen LogP contribution in [0.1, 0.15) is 11.1 Å². The second-order valence-corrected chi connectivity index (χ2v) is 5.20. The van der Waals surface area contributed by atoms with Crippen LogP contribution in [0.15, 0.2) is 48.5 Å². The van der Waals surface area contributed by atoms with E-state index < -0.39 is 5.54 Å². The number of benzene rings is 2. The molecular formula is C16H16FNO. The van der Waals surface area contributed by atoms with E-state index in [0.717, 1.165) is 11.3 Å². The van der Waals surface area contributed by atoms with Crippen LogP contribution in [0.25, 0.3) is 0 Å². The molecule has 0 amide bonds. The summed E-state index contributed by atoms with van der Waals surface area (Å²) in [6.45, 7) is 0.415. The van der Waals surface area contributed by atoms with Gasteiger partial charge in [-0.2, -0.15) is 0 Å². The molecule has 0 saturated heterocycles. The monoisotopic (exact) mass is 257 g/mol. The lowest BCUT2D eigenvalue weighted by Gasteiger charge is -2.34. The van der Waals surface area contributed by atoms with Crippen LogP contribution in [-0.2, 0) is 12.8 Å². The molecule has 3 heteroatoms. The summed E-state index contributed by atoms with van der Waals surface area (Å²) < 4.78 is 19.4. The Morgan fingerprint density at radius 1 is 1.11 bits per heavy atom. The van der Waals surface area contributed by atoms with Crippen molar-refractivity contribution in [3.63, 3.8) is 0 Å². The molecule has 1 unspecified atom stereocenters. The summed E-state index contributed by atoms with van der Waals surface area (Å²) in [4.78, 5) is 0. The molecule has 19 heavy (non-hydrogen) atoms. The highest BCUT2D eigenvalue weighted by molar-refractivity contribution is 5.37. The van der Waals surface area contributed by atoms with Gasteiger partial charge in [0.15, 0.2) is 0 Å². The van der Waals surface area contributed by atoms with Crippen LogP contribution in [0.3, 0.4) is 0 Å². The van der Waals surface area contributed by atoms with Gasteiger partial charge >= 0.3 is 0 Å². The second-order valence-electron chi connectivity index (χ2n) is 5.20. The Morgan fingerprint density at radius 2 is 1.84 bits per heavy atom. The Bertz CT molecular complexity index is 599. The molecule has 0 aliphatic carbocycles. The molecule has 0 radical (unpaired) electrons. The lowest BCUT2D eigenvalue weighted by atomic mass is 9.84. The quantitative estimate of drug-likeness (QED) is 0.897. The maximum Gasteiger partial charge on any atom is 0.126 e. The Labute approximate surface area is 112 Å². The maximum absolute atomic E-state index is 13.7. The van der Waals surface area contributed by atoms with E-state index in [1.807, 2.05) is 30.3 Å². The number of fused-ring (bicyclic) bond motifs is 1. The molecule has 2 nitrogen and oxygen atoms in total. The van der Waals surface area contributed by atoms with Crippen molar-refractivity contribution in [1.82, 2.24) is 0 Å². The summed E-state index contributed by atoms with van der Waals surface area (Å²) in [7, 11) is 0. The van der Waals surface area contributed by atoms with Gasteiger partial charge in [0.25, 0.3) is 0 Å². The summed E-state index contributed by atoms with van der Waals surface area (Å²) in [5.41, 5.74) is 7.57. The topological polar surface area (TPSA) is 35.2 Å².